The van der Waals surface area contributed by atoms with Crippen molar-refractivity contribution in [1.29, 1.82) is 0 Å². The summed E-state index contributed by atoms with van der Waals surface area (Å²) in [7, 11) is 0. The first kappa shape index (κ1) is 9.41. The Labute approximate surface area is 91.7 Å². The van der Waals surface area contributed by atoms with Crippen LogP contribution < -0.4 is 5.73 Å². The first-order valence-corrected chi connectivity index (χ1v) is 6.07. The highest BCUT2D eigenvalue weighted by atomic mass is 14.7. The van der Waals surface area contributed by atoms with Gasteiger partial charge in [-0.1, -0.05) is 18.2 Å². The van der Waals surface area contributed by atoms with Crippen molar-refractivity contribution >= 4 is 0 Å². The number of fused-ring (bicyclic) bond motifs is 2. The smallest absolute Gasteiger partial charge is 0.00000684 e. The Morgan fingerprint density at radius 1 is 1.47 bits per heavy atom. The van der Waals surface area contributed by atoms with Crippen molar-refractivity contribution in [3.8, 4) is 0 Å². The monoisotopic (exact) mass is 201 g/mol. The largest absolute Gasteiger partial charge is 0.330 e. The average molecular weight is 201 g/mol. The second kappa shape index (κ2) is 3.08. The molecule has 1 fully saturated rings. The maximum atomic E-state index is 5.83. The van der Waals surface area contributed by atoms with Crippen LogP contribution in [0, 0.1) is 12.8 Å². The summed E-state index contributed by atoms with van der Waals surface area (Å²) in [5.41, 5.74) is 11.1. The van der Waals surface area contributed by atoms with Gasteiger partial charge in [-0.15, -0.1) is 0 Å². The van der Waals surface area contributed by atoms with E-state index in [1.165, 1.54) is 31.2 Å². The maximum Gasteiger partial charge on any atom is -0.00000684 e. The molecule has 2 unspecified atom stereocenters. The van der Waals surface area contributed by atoms with Crippen LogP contribution in [0.2, 0.25) is 0 Å². The average Bonchev–Trinajstić information content (AvgIpc) is 2.95. The zero-order valence-corrected chi connectivity index (χ0v) is 9.42. The summed E-state index contributed by atoms with van der Waals surface area (Å²) < 4.78 is 0. The standard InChI is InChI=1S/C14H19N/c1-10-4-2-6-13-12(10)5-3-7-14(13)8-11(14)9-15/h2,4,6,11H,3,5,7-9,15H2,1H3. The molecular formula is C14H19N. The minimum atomic E-state index is 0.494. The van der Waals surface area contributed by atoms with E-state index in [-0.39, 0.29) is 0 Å². The van der Waals surface area contributed by atoms with Crippen LogP contribution in [0.25, 0.3) is 0 Å². The molecule has 2 atom stereocenters. The van der Waals surface area contributed by atoms with E-state index in [0.717, 1.165) is 12.5 Å². The number of hydrogen-bond donors (Lipinski definition) is 1. The van der Waals surface area contributed by atoms with E-state index >= 15 is 0 Å². The first-order chi connectivity index (χ1) is 7.28. The van der Waals surface area contributed by atoms with Gasteiger partial charge < -0.3 is 5.73 Å². The van der Waals surface area contributed by atoms with E-state index in [9.17, 15) is 0 Å². The molecule has 1 spiro atoms. The molecule has 1 aromatic carbocycles. The third kappa shape index (κ3) is 1.19. The number of nitrogens with two attached hydrogens (primary N) is 1. The zero-order chi connectivity index (χ0) is 10.5. The molecule has 0 heterocycles. The lowest BCUT2D eigenvalue weighted by Gasteiger charge is -2.28. The van der Waals surface area contributed by atoms with Gasteiger partial charge in [0.25, 0.3) is 0 Å². The summed E-state index contributed by atoms with van der Waals surface area (Å²) in [6, 6.07) is 6.81. The van der Waals surface area contributed by atoms with E-state index in [4.69, 9.17) is 5.73 Å². The van der Waals surface area contributed by atoms with Gasteiger partial charge >= 0.3 is 0 Å². The molecule has 0 aliphatic heterocycles. The SMILES string of the molecule is Cc1cccc2c1CCCC21CC1CN. The molecule has 15 heavy (non-hydrogen) atoms. The molecule has 1 nitrogen and oxygen atoms in total. The molecule has 2 aliphatic carbocycles. The second-order valence-corrected chi connectivity index (χ2v) is 5.25. The third-order valence-electron chi connectivity index (χ3n) is 4.51. The molecule has 1 aromatic rings. The first-order valence-electron chi connectivity index (χ1n) is 6.07. The summed E-state index contributed by atoms with van der Waals surface area (Å²) in [5, 5.41) is 0. The third-order valence-corrected chi connectivity index (χ3v) is 4.51. The highest BCUT2D eigenvalue weighted by Gasteiger charge is 2.55. The highest BCUT2D eigenvalue weighted by Crippen LogP contribution is 2.59. The van der Waals surface area contributed by atoms with Crippen LogP contribution in [0.4, 0.5) is 0 Å². The normalized spacial score (nSPS) is 32.8. The minimum Gasteiger partial charge on any atom is -0.330 e. The van der Waals surface area contributed by atoms with Crippen molar-refractivity contribution in [3.05, 3.63) is 34.9 Å². The van der Waals surface area contributed by atoms with Crippen molar-refractivity contribution < 1.29 is 0 Å². The van der Waals surface area contributed by atoms with Crippen LogP contribution in [0.5, 0.6) is 0 Å². The molecule has 2 aliphatic rings. The van der Waals surface area contributed by atoms with Gasteiger partial charge in [-0.2, -0.15) is 0 Å². The van der Waals surface area contributed by atoms with Crippen LogP contribution in [-0.2, 0) is 11.8 Å². The van der Waals surface area contributed by atoms with Gasteiger partial charge in [0.05, 0.1) is 0 Å². The quantitative estimate of drug-likeness (QED) is 0.742. The number of hydrogen-bond acceptors (Lipinski definition) is 1. The molecule has 3 rings (SSSR count). The van der Waals surface area contributed by atoms with Gasteiger partial charge in [0.1, 0.15) is 0 Å². The molecule has 1 heteroatoms. The molecule has 2 N–H and O–H groups in total. The van der Waals surface area contributed by atoms with Gasteiger partial charge in [-0.25, -0.2) is 0 Å². The van der Waals surface area contributed by atoms with Crippen LogP contribution in [0.1, 0.15) is 36.0 Å². The fraction of sp³-hybridized carbons (Fsp3) is 0.571. The van der Waals surface area contributed by atoms with Gasteiger partial charge in [0.15, 0.2) is 0 Å². The molecule has 0 aromatic heterocycles. The van der Waals surface area contributed by atoms with Crippen LogP contribution in [0.15, 0.2) is 18.2 Å². The Kier molecular flexibility index (Phi) is 1.93. The van der Waals surface area contributed by atoms with Gasteiger partial charge in [-0.3, -0.25) is 0 Å². The lowest BCUT2D eigenvalue weighted by Crippen LogP contribution is -2.21. The van der Waals surface area contributed by atoms with E-state index in [0.29, 0.717) is 5.41 Å². The number of aryl methyl sites for hydroxylation is 1. The van der Waals surface area contributed by atoms with Gasteiger partial charge in [-0.05, 0) is 67.2 Å². The predicted octanol–water partition coefficient (Wildman–Crippen LogP) is 2.55. The van der Waals surface area contributed by atoms with E-state index < -0.39 is 0 Å². The summed E-state index contributed by atoms with van der Waals surface area (Å²) in [6.07, 6.45) is 5.33. The van der Waals surface area contributed by atoms with Crippen LogP contribution in [-0.4, -0.2) is 6.54 Å². The zero-order valence-electron chi connectivity index (χ0n) is 9.42. The van der Waals surface area contributed by atoms with E-state index in [1.807, 2.05) is 0 Å². The fourth-order valence-electron chi connectivity index (χ4n) is 3.54. The summed E-state index contributed by atoms with van der Waals surface area (Å²) >= 11 is 0. The molecule has 80 valence electrons. The topological polar surface area (TPSA) is 26.0 Å². The predicted molar refractivity (Wildman–Crippen MR) is 63.0 cm³/mol. The molecule has 1 saturated carbocycles. The lowest BCUT2D eigenvalue weighted by molar-refractivity contribution is 0.498. The van der Waals surface area contributed by atoms with Crippen molar-refractivity contribution in [2.24, 2.45) is 11.7 Å². The van der Waals surface area contributed by atoms with Crippen molar-refractivity contribution in [1.82, 2.24) is 0 Å². The molecule has 0 bridgehead atoms. The molecule has 0 saturated heterocycles. The van der Waals surface area contributed by atoms with Crippen molar-refractivity contribution in [2.45, 2.75) is 38.0 Å². The van der Waals surface area contributed by atoms with Crippen molar-refractivity contribution in [2.75, 3.05) is 6.54 Å². The lowest BCUT2D eigenvalue weighted by atomic mass is 9.77. The Morgan fingerprint density at radius 3 is 3.07 bits per heavy atom. The molecule has 0 radical (unpaired) electrons. The van der Waals surface area contributed by atoms with E-state index in [1.54, 1.807) is 11.1 Å². The maximum absolute atomic E-state index is 5.83. The van der Waals surface area contributed by atoms with Gasteiger partial charge in [0, 0.05) is 0 Å². The molecule has 0 amide bonds. The summed E-state index contributed by atoms with van der Waals surface area (Å²) in [6.45, 7) is 3.12. The van der Waals surface area contributed by atoms with Crippen LogP contribution in [0.3, 0.4) is 0 Å². The molecular weight excluding hydrogens is 182 g/mol. The van der Waals surface area contributed by atoms with E-state index in [2.05, 4.69) is 25.1 Å². The Morgan fingerprint density at radius 2 is 2.33 bits per heavy atom. The summed E-state index contributed by atoms with van der Waals surface area (Å²) in [5.74, 6) is 0.762. The van der Waals surface area contributed by atoms with Gasteiger partial charge in [0.2, 0.25) is 0 Å². The number of benzene rings is 1. The van der Waals surface area contributed by atoms with Crippen molar-refractivity contribution in [3.63, 3.8) is 0 Å². The summed E-state index contributed by atoms with van der Waals surface area (Å²) in [4.78, 5) is 0. The highest BCUT2D eigenvalue weighted by molar-refractivity contribution is 5.46. The van der Waals surface area contributed by atoms with Crippen LogP contribution >= 0.6 is 0 Å². The minimum absolute atomic E-state index is 0.494. The fourth-order valence-corrected chi connectivity index (χ4v) is 3.54. The second-order valence-electron chi connectivity index (χ2n) is 5.25. The Bertz CT molecular complexity index is 396. The number of rotatable bonds is 1. The Balaban J connectivity index is 2.09. The Hall–Kier alpha value is -0.820.